The third-order valence-corrected chi connectivity index (χ3v) is 6.97. The van der Waals surface area contributed by atoms with Crippen molar-refractivity contribution >= 4 is 32.7 Å². The van der Waals surface area contributed by atoms with Gasteiger partial charge in [-0.15, -0.1) is 53.6 Å². The van der Waals surface area contributed by atoms with Crippen LogP contribution in [0.5, 0.6) is 0 Å². The fraction of sp³-hybridized carbons (Fsp3) is 0.114. The van der Waals surface area contributed by atoms with Crippen molar-refractivity contribution in [2.24, 2.45) is 0 Å². The van der Waals surface area contributed by atoms with Gasteiger partial charge in [-0.3, -0.25) is 4.98 Å². The first kappa shape index (κ1) is 27.4. The van der Waals surface area contributed by atoms with Gasteiger partial charge in [-0.25, -0.2) is 0 Å². The van der Waals surface area contributed by atoms with E-state index < -0.39 is 0 Å². The first-order chi connectivity index (χ1) is 19.0. The van der Waals surface area contributed by atoms with Crippen LogP contribution in [0.1, 0.15) is 22.4 Å². The van der Waals surface area contributed by atoms with Crippen molar-refractivity contribution in [3.8, 4) is 22.5 Å². The third kappa shape index (κ3) is 5.31. The van der Waals surface area contributed by atoms with Crippen molar-refractivity contribution in [2.75, 3.05) is 0 Å². The van der Waals surface area contributed by atoms with Crippen LogP contribution < -0.4 is 0 Å². The van der Waals surface area contributed by atoms with Gasteiger partial charge >= 0.3 is 0 Å². The summed E-state index contributed by atoms with van der Waals surface area (Å²) in [7, 11) is 0. The number of furan rings is 1. The predicted molar refractivity (Wildman–Crippen MR) is 159 cm³/mol. The van der Waals surface area contributed by atoms with E-state index in [9.17, 15) is 0 Å². The van der Waals surface area contributed by atoms with Gasteiger partial charge in [0.25, 0.3) is 0 Å². The number of nitrogens with zero attached hydrogens (tertiary/aromatic N) is 3. The van der Waals surface area contributed by atoms with Crippen molar-refractivity contribution < 1.29 is 24.5 Å². The smallest absolute Gasteiger partial charge is 0.128 e. The van der Waals surface area contributed by atoms with Gasteiger partial charge in [-0.05, 0) is 49.9 Å². The SMILES string of the molecule is Cc1c[c-]c(-c2cc(C)c(C)cn2)cc1.Cc1cc2c(ccc3c4cc[c-]c(-c5ccccn5)c4oc23)cn1.[Ir]. The summed E-state index contributed by atoms with van der Waals surface area (Å²) in [6.07, 6.45) is 5.59. The zero-order valence-corrected chi connectivity index (χ0v) is 25.1. The van der Waals surface area contributed by atoms with Gasteiger partial charge in [-0.1, -0.05) is 53.8 Å². The zero-order valence-electron chi connectivity index (χ0n) is 22.7. The van der Waals surface area contributed by atoms with Gasteiger partial charge in [0, 0.05) is 60.5 Å². The molecular formula is C35H27IrN3O-2. The van der Waals surface area contributed by atoms with E-state index in [-0.39, 0.29) is 20.1 Å². The summed E-state index contributed by atoms with van der Waals surface area (Å²) < 4.78 is 6.31. The zero-order chi connectivity index (χ0) is 26.9. The molecule has 0 unspecified atom stereocenters. The number of benzene rings is 3. The van der Waals surface area contributed by atoms with Crippen LogP contribution in [-0.2, 0) is 20.1 Å². The van der Waals surface area contributed by atoms with E-state index in [1.807, 2.05) is 55.7 Å². The monoisotopic (exact) mass is 698 g/mol. The molecule has 7 rings (SSSR count). The largest absolute Gasteiger partial charge is 0.500 e. The minimum atomic E-state index is 0. The Morgan fingerprint density at radius 2 is 1.52 bits per heavy atom. The Labute approximate surface area is 247 Å². The van der Waals surface area contributed by atoms with E-state index in [4.69, 9.17) is 4.42 Å². The Hall–Kier alpha value is -4.18. The van der Waals surface area contributed by atoms with Gasteiger partial charge in [0.1, 0.15) is 5.58 Å². The first-order valence-electron chi connectivity index (χ1n) is 12.9. The van der Waals surface area contributed by atoms with Crippen LogP contribution in [0, 0.1) is 39.8 Å². The van der Waals surface area contributed by atoms with E-state index >= 15 is 0 Å². The minimum absolute atomic E-state index is 0. The maximum Gasteiger partial charge on any atom is 0.128 e. The molecule has 199 valence electrons. The van der Waals surface area contributed by atoms with Crippen LogP contribution in [0.15, 0.2) is 95.8 Å². The molecule has 0 spiro atoms. The molecule has 0 bridgehead atoms. The van der Waals surface area contributed by atoms with Crippen molar-refractivity contribution in [1.29, 1.82) is 0 Å². The van der Waals surface area contributed by atoms with E-state index in [0.717, 1.165) is 60.9 Å². The Bertz CT molecular complexity index is 1940. The molecule has 0 N–H and O–H groups in total. The topological polar surface area (TPSA) is 51.8 Å². The van der Waals surface area contributed by atoms with Crippen LogP contribution >= 0.6 is 0 Å². The molecule has 4 aromatic heterocycles. The Balaban J connectivity index is 0.000000175. The molecule has 5 heteroatoms. The number of pyridine rings is 3. The Morgan fingerprint density at radius 1 is 0.675 bits per heavy atom. The average molecular weight is 698 g/mol. The molecule has 4 nitrogen and oxygen atoms in total. The average Bonchev–Trinajstić information content (AvgIpc) is 3.35. The Morgan fingerprint density at radius 3 is 2.27 bits per heavy atom. The van der Waals surface area contributed by atoms with Crippen molar-refractivity contribution in [1.82, 2.24) is 15.0 Å². The number of aryl methyl sites for hydroxylation is 4. The molecular weight excluding hydrogens is 671 g/mol. The summed E-state index contributed by atoms with van der Waals surface area (Å²) in [6.45, 7) is 8.24. The number of aromatic nitrogens is 3. The second-order valence-electron chi connectivity index (χ2n) is 9.84. The summed E-state index contributed by atoms with van der Waals surface area (Å²) >= 11 is 0. The Kier molecular flexibility index (Phi) is 7.88. The van der Waals surface area contributed by atoms with E-state index in [1.54, 1.807) is 6.20 Å². The van der Waals surface area contributed by atoms with Gasteiger partial charge < -0.3 is 14.4 Å². The van der Waals surface area contributed by atoms with Gasteiger partial charge in [-0.2, -0.15) is 0 Å². The second-order valence-corrected chi connectivity index (χ2v) is 9.84. The van der Waals surface area contributed by atoms with Gasteiger partial charge in [0.15, 0.2) is 0 Å². The molecule has 0 aliphatic heterocycles. The van der Waals surface area contributed by atoms with Crippen molar-refractivity contribution in [3.05, 3.63) is 126 Å². The van der Waals surface area contributed by atoms with Crippen LogP contribution in [0.25, 0.3) is 55.2 Å². The van der Waals surface area contributed by atoms with Crippen LogP contribution in [0.2, 0.25) is 0 Å². The molecule has 0 saturated heterocycles. The van der Waals surface area contributed by atoms with Crippen molar-refractivity contribution in [2.45, 2.75) is 27.7 Å². The number of hydrogen-bond acceptors (Lipinski definition) is 4. The summed E-state index contributed by atoms with van der Waals surface area (Å²) in [5.74, 6) is 0. The molecule has 0 amide bonds. The maximum absolute atomic E-state index is 6.31. The summed E-state index contributed by atoms with van der Waals surface area (Å²) in [5.41, 5.74) is 10.2. The van der Waals surface area contributed by atoms with E-state index in [2.05, 4.69) is 84.3 Å². The van der Waals surface area contributed by atoms with E-state index in [1.165, 1.54) is 16.7 Å². The molecule has 3 aromatic carbocycles. The molecule has 0 saturated carbocycles. The third-order valence-electron chi connectivity index (χ3n) is 6.97. The molecule has 7 aromatic rings. The predicted octanol–water partition coefficient (Wildman–Crippen LogP) is 8.78. The van der Waals surface area contributed by atoms with Crippen LogP contribution in [0.4, 0.5) is 0 Å². The van der Waals surface area contributed by atoms with Gasteiger partial charge in [0.2, 0.25) is 0 Å². The van der Waals surface area contributed by atoms with E-state index in [0.29, 0.717) is 0 Å². The maximum atomic E-state index is 6.31. The summed E-state index contributed by atoms with van der Waals surface area (Å²) in [5, 5.41) is 4.36. The fourth-order valence-electron chi connectivity index (χ4n) is 4.65. The summed E-state index contributed by atoms with van der Waals surface area (Å²) in [4.78, 5) is 13.2. The number of hydrogen-bond donors (Lipinski definition) is 0. The number of rotatable bonds is 2. The molecule has 0 aliphatic carbocycles. The van der Waals surface area contributed by atoms with Crippen LogP contribution in [-0.4, -0.2) is 15.0 Å². The molecule has 0 aliphatic rings. The minimum Gasteiger partial charge on any atom is -0.500 e. The van der Waals surface area contributed by atoms with Gasteiger partial charge in [0.05, 0.1) is 5.58 Å². The summed E-state index contributed by atoms with van der Waals surface area (Å²) in [6, 6.07) is 30.9. The molecule has 1 radical (unpaired) electrons. The normalized spacial score (nSPS) is 10.8. The second kappa shape index (κ2) is 11.5. The molecule has 0 fully saturated rings. The molecule has 0 atom stereocenters. The first-order valence-corrected chi connectivity index (χ1v) is 12.9. The van der Waals surface area contributed by atoms with Crippen molar-refractivity contribution in [3.63, 3.8) is 0 Å². The molecule has 4 heterocycles. The molecule has 40 heavy (non-hydrogen) atoms. The fourth-order valence-corrected chi connectivity index (χ4v) is 4.65. The number of fused-ring (bicyclic) bond motifs is 5. The standard InChI is InChI=1S/C21H13N2O.C14H14N.Ir/c1-13-11-18-14(12-23-13)8-9-16-15-5-4-6-17(20(15)24-21(16)18)19-7-2-3-10-22-19;1-10-4-6-13(7-5-10)14-8-11(2)12(3)9-15-14;/h2-5,7-12H,1H3;4-6,8-9H,1-3H3;/q2*-1;. The van der Waals surface area contributed by atoms with Crippen LogP contribution in [0.3, 0.4) is 0 Å². The quantitative estimate of drug-likeness (QED) is 0.170.